The second-order valence-electron chi connectivity index (χ2n) is 7.53. The second kappa shape index (κ2) is 11.4. The van der Waals surface area contributed by atoms with Gasteiger partial charge in [-0.3, -0.25) is 4.90 Å². The largest absolute Gasteiger partial charge is 0.357 e. The number of benzene rings is 1. The van der Waals surface area contributed by atoms with E-state index >= 15 is 0 Å². The van der Waals surface area contributed by atoms with Gasteiger partial charge in [0, 0.05) is 38.0 Å². The van der Waals surface area contributed by atoms with Crippen LogP contribution in [0.1, 0.15) is 45.7 Å². The Morgan fingerprint density at radius 3 is 2.32 bits per heavy atom. The third kappa shape index (κ3) is 9.01. The molecule has 0 aromatic heterocycles. The van der Waals surface area contributed by atoms with Crippen molar-refractivity contribution in [3.8, 4) is 0 Å². The molecule has 1 aromatic rings. The highest BCUT2D eigenvalue weighted by atomic mass is 32.2. The molecule has 0 atom stereocenters. The van der Waals surface area contributed by atoms with Gasteiger partial charge in [-0.2, -0.15) is 0 Å². The van der Waals surface area contributed by atoms with Crippen molar-refractivity contribution < 1.29 is 12.8 Å². The SMILES string of the molecule is CCNC(=NCc1cc(F)ccc1CS(C)(=O)=O)NCCN(C(C)C)C(C)C. The van der Waals surface area contributed by atoms with Crippen LogP contribution in [0.4, 0.5) is 4.39 Å². The maximum Gasteiger partial charge on any atom is 0.191 e. The lowest BCUT2D eigenvalue weighted by Gasteiger charge is -2.30. The molecule has 0 aliphatic carbocycles. The van der Waals surface area contributed by atoms with Crippen molar-refractivity contribution in [2.24, 2.45) is 4.99 Å². The van der Waals surface area contributed by atoms with Crippen LogP contribution in [-0.2, 0) is 22.1 Å². The Hall–Kier alpha value is -1.67. The fourth-order valence-corrected chi connectivity index (χ4v) is 3.93. The van der Waals surface area contributed by atoms with Gasteiger partial charge in [0.1, 0.15) is 5.82 Å². The minimum Gasteiger partial charge on any atom is -0.357 e. The highest BCUT2D eigenvalue weighted by Crippen LogP contribution is 2.15. The van der Waals surface area contributed by atoms with Gasteiger partial charge in [-0.1, -0.05) is 6.07 Å². The molecule has 0 fully saturated rings. The fraction of sp³-hybridized carbons (Fsp3) is 0.650. The molecule has 2 N–H and O–H groups in total. The number of halogens is 1. The maximum absolute atomic E-state index is 13.7. The van der Waals surface area contributed by atoms with Crippen molar-refractivity contribution in [2.45, 2.75) is 59.0 Å². The predicted molar refractivity (Wildman–Crippen MR) is 115 cm³/mol. The molecule has 0 saturated carbocycles. The average molecular weight is 415 g/mol. The van der Waals surface area contributed by atoms with E-state index in [-0.39, 0.29) is 12.3 Å². The summed E-state index contributed by atoms with van der Waals surface area (Å²) in [7, 11) is -3.21. The monoisotopic (exact) mass is 414 g/mol. The van der Waals surface area contributed by atoms with Crippen LogP contribution in [0, 0.1) is 5.82 Å². The number of guanidine groups is 1. The Morgan fingerprint density at radius 1 is 1.14 bits per heavy atom. The molecule has 6 nitrogen and oxygen atoms in total. The molecule has 0 spiro atoms. The van der Waals surface area contributed by atoms with E-state index < -0.39 is 15.7 Å². The van der Waals surface area contributed by atoms with E-state index in [1.165, 1.54) is 24.5 Å². The van der Waals surface area contributed by atoms with E-state index in [0.29, 0.717) is 35.7 Å². The summed E-state index contributed by atoms with van der Waals surface area (Å²) in [6.07, 6.45) is 1.17. The second-order valence-corrected chi connectivity index (χ2v) is 9.67. The van der Waals surface area contributed by atoms with E-state index in [1.54, 1.807) is 0 Å². The number of nitrogens with zero attached hydrogens (tertiary/aromatic N) is 2. The van der Waals surface area contributed by atoms with Gasteiger partial charge < -0.3 is 10.6 Å². The van der Waals surface area contributed by atoms with E-state index in [4.69, 9.17) is 0 Å². The number of nitrogens with one attached hydrogen (secondary N) is 2. The Bertz CT molecular complexity index is 741. The first-order chi connectivity index (χ1) is 13.0. The molecule has 0 unspecified atom stereocenters. The average Bonchev–Trinajstić information content (AvgIpc) is 2.56. The zero-order valence-electron chi connectivity index (χ0n) is 17.9. The molecule has 0 aliphatic rings. The summed E-state index contributed by atoms with van der Waals surface area (Å²) in [6, 6.07) is 5.06. The van der Waals surface area contributed by atoms with Crippen LogP contribution in [0.3, 0.4) is 0 Å². The summed E-state index contributed by atoms with van der Waals surface area (Å²) in [4.78, 5) is 6.90. The van der Waals surface area contributed by atoms with Crippen LogP contribution in [-0.4, -0.2) is 57.3 Å². The fourth-order valence-electron chi connectivity index (χ4n) is 3.09. The van der Waals surface area contributed by atoms with E-state index in [1.807, 2.05) is 6.92 Å². The van der Waals surface area contributed by atoms with Crippen molar-refractivity contribution in [3.05, 3.63) is 35.1 Å². The summed E-state index contributed by atoms with van der Waals surface area (Å²) in [6.45, 7) is 13.2. The normalized spacial score (nSPS) is 12.9. The molecule has 0 amide bonds. The highest BCUT2D eigenvalue weighted by molar-refractivity contribution is 7.89. The van der Waals surface area contributed by atoms with Gasteiger partial charge in [0.15, 0.2) is 15.8 Å². The molecule has 160 valence electrons. The number of hydrogen-bond acceptors (Lipinski definition) is 4. The molecule has 1 rings (SSSR count). The van der Waals surface area contributed by atoms with Crippen LogP contribution in [0.25, 0.3) is 0 Å². The molecule has 0 bridgehead atoms. The van der Waals surface area contributed by atoms with E-state index in [0.717, 1.165) is 13.1 Å². The summed E-state index contributed by atoms with van der Waals surface area (Å²) in [5.74, 6) is 0.106. The summed E-state index contributed by atoms with van der Waals surface area (Å²) >= 11 is 0. The number of aliphatic imine (C=N–C) groups is 1. The Kier molecular flexibility index (Phi) is 9.89. The maximum atomic E-state index is 13.7. The lowest BCUT2D eigenvalue weighted by molar-refractivity contribution is 0.178. The third-order valence-electron chi connectivity index (χ3n) is 4.33. The van der Waals surface area contributed by atoms with Gasteiger partial charge in [0.25, 0.3) is 0 Å². The van der Waals surface area contributed by atoms with Crippen LogP contribution in [0.5, 0.6) is 0 Å². The molecule has 0 saturated heterocycles. The van der Waals surface area contributed by atoms with E-state index in [2.05, 4.69) is 48.2 Å². The quantitative estimate of drug-likeness (QED) is 0.455. The Morgan fingerprint density at radius 2 is 1.79 bits per heavy atom. The molecular formula is C20H35FN4O2S. The summed E-state index contributed by atoms with van der Waals surface area (Å²) in [5, 5.41) is 6.47. The first-order valence-corrected chi connectivity index (χ1v) is 11.8. The van der Waals surface area contributed by atoms with Gasteiger partial charge in [0.05, 0.1) is 12.3 Å². The van der Waals surface area contributed by atoms with Gasteiger partial charge >= 0.3 is 0 Å². The van der Waals surface area contributed by atoms with E-state index in [9.17, 15) is 12.8 Å². The molecule has 1 aromatic carbocycles. The van der Waals surface area contributed by atoms with Crippen molar-refractivity contribution in [2.75, 3.05) is 25.9 Å². The number of hydrogen-bond donors (Lipinski definition) is 2. The van der Waals surface area contributed by atoms with Crippen LogP contribution in [0.2, 0.25) is 0 Å². The van der Waals surface area contributed by atoms with Gasteiger partial charge in [-0.15, -0.1) is 0 Å². The standard InChI is InChI=1S/C20H35FN4O2S/c1-7-22-20(23-10-11-25(15(2)3)16(4)5)24-13-18-12-19(21)9-8-17(18)14-28(6,26)27/h8-9,12,15-16H,7,10-11,13-14H2,1-6H3,(H2,22,23,24). The molecular weight excluding hydrogens is 379 g/mol. The molecule has 0 aliphatic heterocycles. The van der Waals surface area contributed by atoms with Crippen molar-refractivity contribution in [1.29, 1.82) is 0 Å². The topological polar surface area (TPSA) is 73.8 Å². The molecule has 28 heavy (non-hydrogen) atoms. The molecule has 0 heterocycles. The summed E-state index contributed by atoms with van der Waals surface area (Å²) in [5.41, 5.74) is 1.16. The highest BCUT2D eigenvalue weighted by Gasteiger charge is 2.13. The predicted octanol–water partition coefficient (Wildman–Crippen LogP) is 2.54. The first-order valence-electron chi connectivity index (χ1n) is 9.76. The zero-order chi connectivity index (χ0) is 21.3. The first kappa shape index (κ1) is 24.4. The van der Waals surface area contributed by atoms with Crippen LogP contribution in [0.15, 0.2) is 23.2 Å². The Balaban J connectivity index is 2.86. The van der Waals surface area contributed by atoms with Gasteiger partial charge in [0.2, 0.25) is 0 Å². The zero-order valence-corrected chi connectivity index (χ0v) is 18.7. The van der Waals surface area contributed by atoms with Gasteiger partial charge in [-0.05, 0) is 57.9 Å². The van der Waals surface area contributed by atoms with Crippen molar-refractivity contribution >= 4 is 15.8 Å². The molecule has 8 heteroatoms. The molecule has 0 radical (unpaired) electrons. The van der Waals surface area contributed by atoms with Crippen LogP contribution >= 0.6 is 0 Å². The number of rotatable bonds is 10. The smallest absolute Gasteiger partial charge is 0.191 e. The van der Waals surface area contributed by atoms with Gasteiger partial charge in [-0.25, -0.2) is 17.8 Å². The van der Waals surface area contributed by atoms with Crippen LogP contribution < -0.4 is 10.6 Å². The lowest BCUT2D eigenvalue weighted by atomic mass is 10.1. The minimum absolute atomic E-state index is 0.125. The number of sulfone groups is 1. The van der Waals surface area contributed by atoms with Crippen molar-refractivity contribution in [3.63, 3.8) is 0 Å². The summed E-state index contributed by atoms with van der Waals surface area (Å²) < 4.78 is 36.9. The third-order valence-corrected chi connectivity index (χ3v) is 5.16. The Labute approximate surface area is 169 Å². The minimum atomic E-state index is -3.21. The lowest BCUT2D eigenvalue weighted by Crippen LogP contribution is -2.45. The van der Waals surface area contributed by atoms with Crippen molar-refractivity contribution in [1.82, 2.24) is 15.5 Å².